The lowest BCUT2D eigenvalue weighted by Gasteiger charge is -2.08. The van der Waals surface area contributed by atoms with Gasteiger partial charge in [-0.2, -0.15) is 0 Å². The molecule has 2 aromatic carbocycles. The van der Waals surface area contributed by atoms with E-state index in [0.29, 0.717) is 5.56 Å². The molecule has 5 heteroatoms. The minimum absolute atomic E-state index is 0.0985. The predicted octanol–water partition coefficient (Wildman–Crippen LogP) is 4.21. The molecule has 0 unspecified atom stereocenters. The zero-order chi connectivity index (χ0) is 16.9. The zero-order valence-electron chi connectivity index (χ0n) is 13.7. The van der Waals surface area contributed by atoms with Crippen LogP contribution in [0.25, 0.3) is 0 Å². The maximum Gasteiger partial charge on any atom is 0.255 e. The maximum absolute atomic E-state index is 12.4. The summed E-state index contributed by atoms with van der Waals surface area (Å²) in [4.78, 5) is 17.7. The largest absolute Gasteiger partial charge is 0.331 e. The molecule has 0 spiro atoms. The van der Waals surface area contributed by atoms with Gasteiger partial charge in [0, 0.05) is 35.1 Å². The summed E-state index contributed by atoms with van der Waals surface area (Å²) < 4.78 is 2.07. The molecule has 0 fully saturated rings. The van der Waals surface area contributed by atoms with E-state index in [1.807, 2.05) is 67.9 Å². The molecule has 0 saturated carbocycles. The van der Waals surface area contributed by atoms with Crippen LogP contribution in [0.15, 0.2) is 65.8 Å². The van der Waals surface area contributed by atoms with Crippen molar-refractivity contribution in [1.82, 2.24) is 9.55 Å². The van der Waals surface area contributed by atoms with Crippen molar-refractivity contribution in [3.8, 4) is 0 Å². The maximum atomic E-state index is 12.4. The normalized spacial score (nSPS) is 10.6. The second kappa shape index (κ2) is 7.36. The molecule has 1 heterocycles. The van der Waals surface area contributed by atoms with E-state index in [-0.39, 0.29) is 5.91 Å². The number of thioether (sulfide) groups is 1. The van der Waals surface area contributed by atoms with E-state index in [2.05, 4.69) is 14.9 Å². The molecule has 0 saturated heterocycles. The van der Waals surface area contributed by atoms with Crippen LogP contribution >= 0.6 is 11.8 Å². The molecule has 4 nitrogen and oxygen atoms in total. The number of anilines is 1. The molecule has 3 aromatic rings. The molecule has 3 rings (SSSR count). The number of aryl methyl sites for hydroxylation is 1. The smallest absolute Gasteiger partial charge is 0.255 e. The molecule has 24 heavy (non-hydrogen) atoms. The second-order valence-electron chi connectivity index (χ2n) is 5.49. The summed E-state index contributed by atoms with van der Waals surface area (Å²) in [7, 11) is 0. The molecule has 0 aliphatic heterocycles. The van der Waals surface area contributed by atoms with Crippen LogP contribution in [0.1, 0.15) is 21.7 Å². The number of carbonyl (C=O) groups is 1. The second-order valence-corrected chi connectivity index (χ2v) is 6.37. The topological polar surface area (TPSA) is 46.9 Å². The van der Waals surface area contributed by atoms with Crippen LogP contribution in [0.2, 0.25) is 0 Å². The molecule has 0 atom stereocenters. The standard InChI is InChI=1S/C19H19N3OS/c1-14-20-10-11-22(14)13-15-6-8-16(9-7-15)19(23)21-17-4-3-5-18(12-17)24-2/h3-12H,13H2,1-2H3,(H,21,23). The van der Waals surface area contributed by atoms with Crippen LogP contribution in [0.5, 0.6) is 0 Å². The highest BCUT2D eigenvalue weighted by molar-refractivity contribution is 7.98. The number of hydrogen-bond acceptors (Lipinski definition) is 3. The van der Waals surface area contributed by atoms with E-state index in [0.717, 1.165) is 28.5 Å². The Morgan fingerprint density at radius 2 is 2.00 bits per heavy atom. The third-order valence-electron chi connectivity index (χ3n) is 3.82. The van der Waals surface area contributed by atoms with E-state index in [1.54, 1.807) is 18.0 Å². The molecule has 1 N–H and O–H groups in total. The van der Waals surface area contributed by atoms with E-state index in [1.165, 1.54) is 0 Å². The van der Waals surface area contributed by atoms with Gasteiger partial charge in [0.05, 0.1) is 0 Å². The van der Waals surface area contributed by atoms with Crippen molar-refractivity contribution >= 4 is 23.4 Å². The Morgan fingerprint density at radius 1 is 1.21 bits per heavy atom. The Kier molecular flexibility index (Phi) is 5.01. The van der Waals surface area contributed by atoms with E-state index in [9.17, 15) is 4.79 Å². The Morgan fingerprint density at radius 3 is 2.67 bits per heavy atom. The van der Waals surface area contributed by atoms with Crippen molar-refractivity contribution < 1.29 is 4.79 Å². The van der Waals surface area contributed by atoms with Crippen molar-refractivity contribution in [1.29, 1.82) is 0 Å². The van der Waals surface area contributed by atoms with Gasteiger partial charge in [0.25, 0.3) is 5.91 Å². The van der Waals surface area contributed by atoms with Gasteiger partial charge in [-0.05, 0) is 49.1 Å². The van der Waals surface area contributed by atoms with Crippen LogP contribution in [-0.2, 0) is 6.54 Å². The number of carbonyl (C=O) groups excluding carboxylic acids is 1. The van der Waals surface area contributed by atoms with Gasteiger partial charge >= 0.3 is 0 Å². The highest BCUT2D eigenvalue weighted by Gasteiger charge is 2.07. The fourth-order valence-electron chi connectivity index (χ4n) is 2.43. The van der Waals surface area contributed by atoms with Crippen LogP contribution in [-0.4, -0.2) is 21.7 Å². The van der Waals surface area contributed by atoms with Crippen LogP contribution < -0.4 is 5.32 Å². The first-order valence-corrected chi connectivity index (χ1v) is 8.90. The summed E-state index contributed by atoms with van der Waals surface area (Å²) in [6, 6.07) is 15.5. The molecular weight excluding hydrogens is 318 g/mol. The quantitative estimate of drug-likeness (QED) is 0.709. The average Bonchev–Trinajstić information content (AvgIpc) is 3.00. The van der Waals surface area contributed by atoms with Crippen LogP contribution in [0.4, 0.5) is 5.69 Å². The fraction of sp³-hybridized carbons (Fsp3) is 0.158. The lowest BCUT2D eigenvalue weighted by atomic mass is 10.1. The molecule has 0 bridgehead atoms. The van der Waals surface area contributed by atoms with E-state index >= 15 is 0 Å². The number of hydrogen-bond donors (Lipinski definition) is 1. The minimum Gasteiger partial charge on any atom is -0.331 e. The number of nitrogens with zero attached hydrogens (tertiary/aromatic N) is 2. The number of benzene rings is 2. The molecule has 1 aromatic heterocycles. The van der Waals surface area contributed by atoms with Gasteiger partial charge in [0.1, 0.15) is 5.82 Å². The van der Waals surface area contributed by atoms with Crippen molar-refractivity contribution in [2.75, 3.05) is 11.6 Å². The lowest BCUT2D eigenvalue weighted by Crippen LogP contribution is -2.12. The zero-order valence-corrected chi connectivity index (χ0v) is 14.5. The van der Waals surface area contributed by atoms with Gasteiger partial charge in [-0.25, -0.2) is 4.98 Å². The third kappa shape index (κ3) is 3.86. The van der Waals surface area contributed by atoms with Gasteiger partial charge in [-0.3, -0.25) is 4.79 Å². The van der Waals surface area contributed by atoms with Crippen LogP contribution in [0, 0.1) is 6.92 Å². The fourth-order valence-corrected chi connectivity index (χ4v) is 2.89. The van der Waals surface area contributed by atoms with Crippen molar-refractivity contribution in [2.24, 2.45) is 0 Å². The van der Waals surface area contributed by atoms with Crippen molar-refractivity contribution in [2.45, 2.75) is 18.4 Å². The highest BCUT2D eigenvalue weighted by Crippen LogP contribution is 2.19. The molecule has 122 valence electrons. The molecular formula is C19H19N3OS. The number of amides is 1. The molecule has 0 radical (unpaired) electrons. The monoisotopic (exact) mass is 337 g/mol. The van der Waals surface area contributed by atoms with Crippen molar-refractivity contribution in [3.05, 3.63) is 77.9 Å². The Hall–Kier alpha value is -2.53. The summed E-state index contributed by atoms with van der Waals surface area (Å²) in [5, 5.41) is 2.94. The van der Waals surface area contributed by atoms with Gasteiger partial charge in [0.15, 0.2) is 0 Å². The third-order valence-corrected chi connectivity index (χ3v) is 4.55. The Bertz CT molecular complexity index is 840. The SMILES string of the molecule is CSc1cccc(NC(=O)c2ccc(Cn3ccnc3C)cc2)c1. The molecule has 0 aliphatic carbocycles. The highest BCUT2D eigenvalue weighted by atomic mass is 32.2. The first kappa shape index (κ1) is 16.3. The average molecular weight is 337 g/mol. The number of imidazole rings is 1. The summed E-state index contributed by atoms with van der Waals surface area (Å²) in [6.45, 7) is 2.73. The summed E-state index contributed by atoms with van der Waals surface area (Å²) >= 11 is 1.65. The summed E-state index contributed by atoms with van der Waals surface area (Å²) in [5.41, 5.74) is 2.60. The van der Waals surface area contributed by atoms with Gasteiger partial charge < -0.3 is 9.88 Å². The van der Waals surface area contributed by atoms with Gasteiger partial charge in [-0.15, -0.1) is 11.8 Å². The molecule has 1 amide bonds. The van der Waals surface area contributed by atoms with E-state index in [4.69, 9.17) is 0 Å². The molecule has 0 aliphatic rings. The minimum atomic E-state index is -0.0985. The first-order chi connectivity index (χ1) is 11.7. The summed E-state index contributed by atoms with van der Waals surface area (Å²) in [5.74, 6) is 0.879. The van der Waals surface area contributed by atoms with Crippen molar-refractivity contribution in [3.63, 3.8) is 0 Å². The van der Waals surface area contributed by atoms with Crippen LogP contribution in [0.3, 0.4) is 0 Å². The Labute approximate surface area is 145 Å². The number of nitrogens with one attached hydrogen (secondary N) is 1. The Balaban J connectivity index is 1.68. The first-order valence-electron chi connectivity index (χ1n) is 7.68. The van der Waals surface area contributed by atoms with Gasteiger partial charge in [-0.1, -0.05) is 18.2 Å². The van der Waals surface area contributed by atoms with E-state index < -0.39 is 0 Å². The lowest BCUT2D eigenvalue weighted by molar-refractivity contribution is 0.102. The van der Waals surface area contributed by atoms with Gasteiger partial charge in [0.2, 0.25) is 0 Å². The number of rotatable bonds is 5. The summed E-state index contributed by atoms with van der Waals surface area (Å²) in [6.07, 6.45) is 5.76. The predicted molar refractivity (Wildman–Crippen MR) is 98.7 cm³/mol. The number of aromatic nitrogens is 2.